The normalized spacial score (nSPS) is 12.8. The Morgan fingerprint density at radius 1 is 1.30 bits per heavy atom. The summed E-state index contributed by atoms with van der Waals surface area (Å²) in [5.74, 6) is -0.364. The standard InChI is InChI=1S/C20H21Cl2FN4O2S/c1-13-20(14-8-17(11-24-10-14)30(28,29)26(2)3)18-5-4-15(21)9-19(18)27(13)12-16(23)6-7-25-22/h4-6,8-11,25H,7,12H2,1-3H3/b16-6-. The fraction of sp³-hybridized carbons (Fsp3) is 0.250. The Bertz CT molecular complexity index is 1220. The monoisotopic (exact) mass is 470 g/mol. The van der Waals surface area contributed by atoms with Crippen molar-refractivity contribution in [3.63, 3.8) is 0 Å². The fourth-order valence-electron chi connectivity index (χ4n) is 3.29. The summed E-state index contributed by atoms with van der Waals surface area (Å²) >= 11 is 11.6. The highest BCUT2D eigenvalue weighted by molar-refractivity contribution is 7.89. The minimum atomic E-state index is -3.65. The topological polar surface area (TPSA) is 67.2 Å². The second-order valence-electron chi connectivity index (χ2n) is 6.89. The Kier molecular flexibility index (Phi) is 6.84. The Morgan fingerprint density at radius 3 is 2.70 bits per heavy atom. The van der Waals surface area contributed by atoms with Gasteiger partial charge in [-0.3, -0.25) is 4.98 Å². The van der Waals surface area contributed by atoms with Crippen LogP contribution < -0.4 is 4.84 Å². The third-order valence-corrected chi connectivity index (χ3v) is 6.95. The Balaban J connectivity index is 2.22. The lowest BCUT2D eigenvalue weighted by Gasteiger charge is -2.12. The van der Waals surface area contributed by atoms with Gasteiger partial charge in [0.05, 0.1) is 12.1 Å². The number of allylic oxidation sites excluding steroid dienone is 1. The molecule has 0 radical (unpaired) electrons. The summed E-state index contributed by atoms with van der Waals surface area (Å²) in [5, 5.41) is 1.34. The molecule has 0 amide bonds. The van der Waals surface area contributed by atoms with Crippen LogP contribution in [0.2, 0.25) is 5.02 Å². The van der Waals surface area contributed by atoms with Gasteiger partial charge in [-0.25, -0.2) is 21.9 Å². The van der Waals surface area contributed by atoms with E-state index in [1.807, 2.05) is 13.0 Å². The van der Waals surface area contributed by atoms with Crippen LogP contribution in [0.25, 0.3) is 22.0 Å². The van der Waals surface area contributed by atoms with Gasteiger partial charge in [0.2, 0.25) is 10.0 Å². The van der Waals surface area contributed by atoms with Gasteiger partial charge in [-0.1, -0.05) is 17.7 Å². The van der Waals surface area contributed by atoms with E-state index in [2.05, 4.69) is 9.82 Å². The van der Waals surface area contributed by atoms with Gasteiger partial charge in [-0.15, -0.1) is 0 Å². The molecule has 2 aromatic heterocycles. The Hall–Kier alpha value is -1.97. The van der Waals surface area contributed by atoms with Crippen LogP contribution in [0, 0.1) is 6.92 Å². The number of halogens is 3. The molecule has 1 N–H and O–H groups in total. The maximum absolute atomic E-state index is 14.4. The summed E-state index contributed by atoms with van der Waals surface area (Å²) in [6.45, 7) is 2.03. The molecule has 1 aromatic carbocycles. The zero-order chi connectivity index (χ0) is 22.1. The van der Waals surface area contributed by atoms with E-state index >= 15 is 0 Å². The van der Waals surface area contributed by atoms with Crippen LogP contribution in [0.4, 0.5) is 4.39 Å². The number of hydrogen-bond acceptors (Lipinski definition) is 4. The molecule has 0 aliphatic carbocycles. The summed E-state index contributed by atoms with van der Waals surface area (Å²) in [7, 11) is -0.720. The molecule has 0 spiro atoms. The number of fused-ring (bicyclic) bond motifs is 1. The van der Waals surface area contributed by atoms with Gasteiger partial charge in [0, 0.05) is 60.3 Å². The van der Waals surface area contributed by atoms with E-state index < -0.39 is 10.0 Å². The van der Waals surface area contributed by atoms with Gasteiger partial charge in [-0.05, 0) is 43.0 Å². The molecule has 0 saturated heterocycles. The zero-order valence-corrected chi connectivity index (χ0v) is 19.0. The molecule has 30 heavy (non-hydrogen) atoms. The zero-order valence-electron chi connectivity index (χ0n) is 16.7. The molecule has 0 atom stereocenters. The molecule has 0 bridgehead atoms. The molecule has 0 unspecified atom stereocenters. The maximum atomic E-state index is 14.4. The second kappa shape index (κ2) is 9.03. The molecule has 6 nitrogen and oxygen atoms in total. The predicted octanol–water partition coefficient (Wildman–Crippen LogP) is 4.51. The molecule has 0 aliphatic heterocycles. The first-order valence-electron chi connectivity index (χ1n) is 9.01. The number of nitrogens with one attached hydrogen (secondary N) is 1. The smallest absolute Gasteiger partial charge is 0.244 e. The van der Waals surface area contributed by atoms with Crippen LogP contribution in [-0.4, -0.2) is 42.9 Å². The number of pyridine rings is 1. The average molecular weight is 471 g/mol. The number of aromatic nitrogens is 2. The Labute approximate surface area is 185 Å². The summed E-state index contributed by atoms with van der Waals surface area (Å²) in [6.07, 6.45) is 4.26. The molecule has 3 aromatic rings. The number of hydrogen-bond donors (Lipinski definition) is 1. The van der Waals surface area contributed by atoms with Crippen molar-refractivity contribution in [1.82, 2.24) is 18.7 Å². The molecule has 0 aliphatic rings. The van der Waals surface area contributed by atoms with Gasteiger partial charge >= 0.3 is 0 Å². The summed E-state index contributed by atoms with van der Waals surface area (Å²) in [5.41, 5.74) is 2.88. The average Bonchev–Trinajstić information content (AvgIpc) is 2.97. The van der Waals surface area contributed by atoms with Crippen molar-refractivity contribution in [2.45, 2.75) is 18.4 Å². The first kappa shape index (κ1) is 22.7. The minimum Gasteiger partial charge on any atom is -0.337 e. The minimum absolute atomic E-state index is 0.00956. The van der Waals surface area contributed by atoms with Crippen LogP contribution in [0.3, 0.4) is 0 Å². The highest BCUT2D eigenvalue weighted by Gasteiger charge is 2.21. The molecule has 10 heteroatoms. The molecule has 3 rings (SSSR count). The van der Waals surface area contributed by atoms with E-state index in [1.54, 1.807) is 29.0 Å². The summed E-state index contributed by atoms with van der Waals surface area (Å²) in [6, 6.07) is 6.92. The fourth-order valence-corrected chi connectivity index (χ4v) is 4.43. The highest BCUT2D eigenvalue weighted by Crippen LogP contribution is 2.37. The third kappa shape index (κ3) is 4.38. The molecule has 2 heterocycles. The van der Waals surface area contributed by atoms with E-state index in [-0.39, 0.29) is 23.8 Å². The highest BCUT2D eigenvalue weighted by atomic mass is 35.5. The first-order valence-corrected chi connectivity index (χ1v) is 11.2. The van der Waals surface area contributed by atoms with Crippen molar-refractivity contribution in [2.24, 2.45) is 0 Å². The second-order valence-corrected chi connectivity index (χ2v) is 9.75. The number of nitrogens with zero attached hydrogens (tertiary/aromatic N) is 3. The van der Waals surface area contributed by atoms with Crippen LogP contribution >= 0.6 is 23.4 Å². The van der Waals surface area contributed by atoms with Gasteiger partial charge in [-0.2, -0.15) is 0 Å². The van der Waals surface area contributed by atoms with E-state index in [0.717, 1.165) is 26.5 Å². The van der Waals surface area contributed by atoms with Crippen LogP contribution in [0.5, 0.6) is 0 Å². The van der Waals surface area contributed by atoms with Crippen LogP contribution in [0.15, 0.2) is 53.5 Å². The van der Waals surface area contributed by atoms with Crippen molar-refractivity contribution in [1.29, 1.82) is 0 Å². The van der Waals surface area contributed by atoms with E-state index in [1.165, 1.54) is 26.4 Å². The lowest BCUT2D eigenvalue weighted by molar-refractivity contribution is 0.520. The Morgan fingerprint density at radius 2 is 2.03 bits per heavy atom. The third-order valence-electron chi connectivity index (χ3n) is 4.78. The maximum Gasteiger partial charge on any atom is 0.244 e. The van der Waals surface area contributed by atoms with E-state index in [4.69, 9.17) is 23.4 Å². The van der Waals surface area contributed by atoms with E-state index in [9.17, 15) is 12.8 Å². The molecular weight excluding hydrogens is 450 g/mol. The van der Waals surface area contributed by atoms with Crippen molar-refractivity contribution < 1.29 is 12.8 Å². The molecule has 0 saturated carbocycles. The quantitative estimate of drug-likeness (QED) is 0.515. The summed E-state index contributed by atoms with van der Waals surface area (Å²) < 4.78 is 42.4. The first-order chi connectivity index (χ1) is 14.2. The number of sulfonamides is 1. The number of benzene rings is 1. The molecular formula is C20H21Cl2FN4O2S. The predicted molar refractivity (Wildman–Crippen MR) is 119 cm³/mol. The van der Waals surface area contributed by atoms with Crippen molar-refractivity contribution in [3.05, 3.63) is 59.3 Å². The molecule has 160 valence electrons. The van der Waals surface area contributed by atoms with Crippen LogP contribution in [0.1, 0.15) is 5.69 Å². The van der Waals surface area contributed by atoms with Gasteiger partial charge in [0.1, 0.15) is 10.7 Å². The molecule has 0 fully saturated rings. The van der Waals surface area contributed by atoms with Crippen molar-refractivity contribution >= 4 is 44.3 Å². The summed E-state index contributed by atoms with van der Waals surface area (Å²) in [4.78, 5) is 6.58. The van der Waals surface area contributed by atoms with Gasteiger partial charge in [0.25, 0.3) is 0 Å². The largest absolute Gasteiger partial charge is 0.337 e. The van der Waals surface area contributed by atoms with E-state index in [0.29, 0.717) is 10.6 Å². The lowest BCUT2D eigenvalue weighted by atomic mass is 10.0. The van der Waals surface area contributed by atoms with Crippen LogP contribution in [-0.2, 0) is 16.6 Å². The lowest BCUT2D eigenvalue weighted by Crippen LogP contribution is -2.22. The van der Waals surface area contributed by atoms with Crippen molar-refractivity contribution in [3.8, 4) is 11.1 Å². The van der Waals surface area contributed by atoms with Gasteiger partial charge < -0.3 is 4.57 Å². The van der Waals surface area contributed by atoms with Gasteiger partial charge in [0.15, 0.2) is 0 Å². The van der Waals surface area contributed by atoms with Crippen molar-refractivity contribution in [2.75, 3.05) is 20.6 Å². The SMILES string of the molecule is Cc1c(-c2cncc(S(=O)(=O)N(C)C)c2)c2ccc(Cl)cc2n1C/C(F)=C/CNCl. The number of rotatable bonds is 7.